The van der Waals surface area contributed by atoms with Crippen LogP contribution in [0.4, 0.5) is 0 Å². The normalized spacial score (nSPS) is 12.6. The van der Waals surface area contributed by atoms with Crippen LogP contribution in [0.1, 0.15) is 23.7 Å². The maximum absolute atomic E-state index is 6.23. The molecule has 2 aromatic rings. The summed E-state index contributed by atoms with van der Waals surface area (Å²) in [5.41, 5.74) is 8.38. The zero-order chi connectivity index (χ0) is 15.1. The summed E-state index contributed by atoms with van der Waals surface area (Å²) in [6, 6.07) is 13.8. The van der Waals surface area contributed by atoms with Crippen LogP contribution in [0.2, 0.25) is 5.02 Å². The first-order valence-electron chi connectivity index (χ1n) is 7.25. The Bertz CT molecular complexity index is 545. The summed E-state index contributed by atoms with van der Waals surface area (Å²) in [6.07, 6.45) is 3.68. The molecule has 0 fully saturated rings. The fourth-order valence-electron chi connectivity index (χ4n) is 2.25. The Morgan fingerprint density at radius 2 is 1.90 bits per heavy atom. The molecule has 1 aromatic heterocycles. The Morgan fingerprint density at radius 3 is 2.62 bits per heavy atom. The largest absolute Gasteiger partial charge is 0.324 e. The maximum atomic E-state index is 6.23. The van der Waals surface area contributed by atoms with Crippen LogP contribution in [0.5, 0.6) is 0 Å². The molecule has 21 heavy (non-hydrogen) atoms. The quantitative estimate of drug-likeness (QED) is 0.853. The van der Waals surface area contributed by atoms with Gasteiger partial charge in [0.05, 0.1) is 0 Å². The van der Waals surface area contributed by atoms with E-state index in [0.717, 1.165) is 42.2 Å². The second kappa shape index (κ2) is 8.13. The van der Waals surface area contributed by atoms with Gasteiger partial charge >= 0.3 is 0 Å². The first-order chi connectivity index (χ1) is 10.2. The lowest BCUT2D eigenvalue weighted by Crippen LogP contribution is -2.26. The van der Waals surface area contributed by atoms with E-state index in [4.69, 9.17) is 17.3 Å². The third-order valence-corrected chi connectivity index (χ3v) is 3.95. The molecule has 0 aliphatic heterocycles. The summed E-state index contributed by atoms with van der Waals surface area (Å²) in [6.45, 7) is 1.92. The van der Waals surface area contributed by atoms with Gasteiger partial charge < -0.3 is 10.6 Å². The van der Waals surface area contributed by atoms with Gasteiger partial charge in [0.25, 0.3) is 0 Å². The van der Waals surface area contributed by atoms with Gasteiger partial charge in [-0.2, -0.15) is 0 Å². The van der Waals surface area contributed by atoms with E-state index < -0.39 is 0 Å². The van der Waals surface area contributed by atoms with Gasteiger partial charge in [-0.1, -0.05) is 35.9 Å². The van der Waals surface area contributed by atoms with E-state index in [1.54, 1.807) is 0 Å². The first-order valence-corrected chi connectivity index (χ1v) is 7.63. The van der Waals surface area contributed by atoms with Crippen LogP contribution >= 0.6 is 11.6 Å². The highest BCUT2D eigenvalue weighted by molar-refractivity contribution is 6.31. The van der Waals surface area contributed by atoms with Crippen molar-refractivity contribution < 1.29 is 0 Å². The molecule has 4 heteroatoms. The molecule has 1 heterocycles. The minimum absolute atomic E-state index is 0.0176. The third kappa shape index (κ3) is 5.12. The lowest BCUT2D eigenvalue weighted by molar-refractivity contribution is 0.321. The number of aromatic nitrogens is 1. The molecule has 0 saturated carbocycles. The lowest BCUT2D eigenvalue weighted by atomic mass is 10.0. The van der Waals surface area contributed by atoms with Gasteiger partial charge in [0, 0.05) is 35.9 Å². The summed E-state index contributed by atoms with van der Waals surface area (Å²) in [7, 11) is 2.11. The fraction of sp³-hybridized carbons (Fsp3) is 0.353. The zero-order valence-electron chi connectivity index (χ0n) is 12.4. The molecular weight excluding hydrogens is 282 g/mol. The predicted octanol–water partition coefficient (Wildman–Crippen LogP) is 3.30. The van der Waals surface area contributed by atoms with E-state index in [0.29, 0.717) is 0 Å². The molecule has 0 spiro atoms. The van der Waals surface area contributed by atoms with E-state index in [9.17, 15) is 0 Å². The van der Waals surface area contributed by atoms with Crippen molar-refractivity contribution >= 4 is 11.6 Å². The van der Waals surface area contributed by atoms with E-state index >= 15 is 0 Å². The summed E-state index contributed by atoms with van der Waals surface area (Å²) in [5.74, 6) is 0. The second-order valence-corrected chi connectivity index (χ2v) is 5.70. The fourth-order valence-corrected chi connectivity index (χ4v) is 2.53. The van der Waals surface area contributed by atoms with Crippen LogP contribution in [-0.4, -0.2) is 30.0 Å². The highest BCUT2D eigenvalue weighted by atomic mass is 35.5. The number of halogens is 1. The SMILES string of the molecule is CN(CCc1ccccn1)CCC(N)c1ccccc1Cl. The number of rotatable bonds is 7. The van der Waals surface area contributed by atoms with Crippen LogP contribution in [0, 0.1) is 0 Å². The number of nitrogens with two attached hydrogens (primary N) is 1. The van der Waals surface area contributed by atoms with Crippen molar-refractivity contribution in [2.45, 2.75) is 18.9 Å². The third-order valence-electron chi connectivity index (χ3n) is 3.60. The van der Waals surface area contributed by atoms with Crippen LogP contribution < -0.4 is 5.73 Å². The van der Waals surface area contributed by atoms with E-state index in [2.05, 4.69) is 23.0 Å². The van der Waals surface area contributed by atoms with Crippen molar-refractivity contribution in [1.29, 1.82) is 0 Å². The number of pyridine rings is 1. The van der Waals surface area contributed by atoms with Gasteiger partial charge in [0.2, 0.25) is 0 Å². The van der Waals surface area contributed by atoms with Gasteiger partial charge in [0.15, 0.2) is 0 Å². The molecule has 0 radical (unpaired) electrons. The highest BCUT2D eigenvalue weighted by Gasteiger charge is 2.10. The minimum atomic E-state index is -0.0176. The van der Waals surface area contributed by atoms with Crippen molar-refractivity contribution in [3.8, 4) is 0 Å². The Morgan fingerprint density at radius 1 is 1.14 bits per heavy atom. The molecule has 0 aliphatic rings. The first kappa shape index (κ1) is 16.0. The molecule has 0 aliphatic carbocycles. The number of benzene rings is 1. The van der Waals surface area contributed by atoms with Crippen LogP contribution in [0.25, 0.3) is 0 Å². The van der Waals surface area contributed by atoms with E-state index in [1.165, 1.54) is 0 Å². The average Bonchev–Trinajstić information content (AvgIpc) is 2.52. The maximum Gasteiger partial charge on any atom is 0.0453 e. The molecule has 0 saturated heterocycles. The Kier molecular flexibility index (Phi) is 6.18. The molecule has 0 amide bonds. The van der Waals surface area contributed by atoms with Crippen LogP contribution in [-0.2, 0) is 6.42 Å². The summed E-state index contributed by atoms with van der Waals surface area (Å²) >= 11 is 6.17. The Labute approximate surface area is 131 Å². The predicted molar refractivity (Wildman–Crippen MR) is 88.4 cm³/mol. The topological polar surface area (TPSA) is 42.2 Å². The molecule has 1 unspecified atom stereocenters. The Balaban J connectivity index is 1.76. The molecule has 112 valence electrons. The molecule has 3 nitrogen and oxygen atoms in total. The van der Waals surface area contributed by atoms with Crippen molar-refractivity contribution in [2.24, 2.45) is 5.73 Å². The van der Waals surface area contributed by atoms with Gasteiger partial charge in [0.1, 0.15) is 0 Å². The summed E-state index contributed by atoms with van der Waals surface area (Å²) in [5, 5.41) is 0.751. The number of likely N-dealkylation sites (N-methyl/N-ethyl adjacent to an activating group) is 1. The molecule has 1 atom stereocenters. The number of hydrogen-bond acceptors (Lipinski definition) is 3. The summed E-state index contributed by atoms with van der Waals surface area (Å²) < 4.78 is 0. The minimum Gasteiger partial charge on any atom is -0.324 e. The van der Waals surface area contributed by atoms with Crippen molar-refractivity contribution in [3.63, 3.8) is 0 Å². The molecular formula is C17H22ClN3. The summed E-state index contributed by atoms with van der Waals surface area (Å²) in [4.78, 5) is 6.62. The zero-order valence-corrected chi connectivity index (χ0v) is 13.1. The van der Waals surface area contributed by atoms with Crippen molar-refractivity contribution in [3.05, 3.63) is 64.9 Å². The lowest BCUT2D eigenvalue weighted by Gasteiger charge is -2.20. The van der Waals surface area contributed by atoms with Gasteiger partial charge in [-0.3, -0.25) is 4.98 Å². The standard InChI is InChI=1S/C17H22ClN3/c1-21(12-9-14-6-4-5-11-20-14)13-10-17(19)15-7-2-3-8-16(15)18/h2-8,11,17H,9-10,12-13,19H2,1H3. The number of hydrogen-bond donors (Lipinski definition) is 1. The molecule has 0 bridgehead atoms. The van der Waals surface area contributed by atoms with Gasteiger partial charge in [-0.15, -0.1) is 0 Å². The van der Waals surface area contributed by atoms with Crippen LogP contribution in [0.3, 0.4) is 0 Å². The van der Waals surface area contributed by atoms with E-state index in [1.807, 2.05) is 42.6 Å². The molecule has 2 rings (SSSR count). The molecule has 2 N–H and O–H groups in total. The van der Waals surface area contributed by atoms with Gasteiger partial charge in [-0.25, -0.2) is 0 Å². The smallest absolute Gasteiger partial charge is 0.0453 e. The molecule has 1 aromatic carbocycles. The van der Waals surface area contributed by atoms with Crippen LogP contribution in [0.15, 0.2) is 48.7 Å². The highest BCUT2D eigenvalue weighted by Crippen LogP contribution is 2.23. The average molecular weight is 304 g/mol. The number of nitrogens with zero attached hydrogens (tertiary/aromatic N) is 2. The monoisotopic (exact) mass is 303 g/mol. The van der Waals surface area contributed by atoms with E-state index in [-0.39, 0.29) is 6.04 Å². The van der Waals surface area contributed by atoms with Crippen molar-refractivity contribution in [1.82, 2.24) is 9.88 Å². The van der Waals surface area contributed by atoms with Crippen molar-refractivity contribution in [2.75, 3.05) is 20.1 Å². The Hall–Kier alpha value is -1.42. The second-order valence-electron chi connectivity index (χ2n) is 5.29. The van der Waals surface area contributed by atoms with Gasteiger partial charge in [-0.05, 0) is 43.8 Å².